The van der Waals surface area contributed by atoms with Gasteiger partial charge in [0.1, 0.15) is 5.75 Å². The van der Waals surface area contributed by atoms with E-state index in [9.17, 15) is 13.2 Å². The highest BCUT2D eigenvalue weighted by Gasteiger charge is 2.20. The van der Waals surface area contributed by atoms with Gasteiger partial charge in [0.2, 0.25) is 5.91 Å². The lowest BCUT2D eigenvalue weighted by Crippen LogP contribution is -2.38. The molecule has 1 aromatic carbocycles. The van der Waals surface area contributed by atoms with Gasteiger partial charge in [-0.2, -0.15) is 8.42 Å². The predicted octanol–water partition coefficient (Wildman–Crippen LogP) is 3.85. The van der Waals surface area contributed by atoms with Crippen molar-refractivity contribution >= 4 is 27.4 Å². The van der Waals surface area contributed by atoms with E-state index in [0.717, 1.165) is 16.9 Å². The zero-order chi connectivity index (χ0) is 19.2. The van der Waals surface area contributed by atoms with Crippen molar-refractivity contribution in [2.75, 3.05) is 5.75 Å². The number of hydrogen-bond donors (Lipinski definition) is 0. The molecule has 1 amide bonds. The fourth-order valence-electron chi connectivity index (χ4n) is 2.47. The molecule has 0 aliphatic heterocycles. The van der Waals surface area contributed by atoms with Crippen LogP contribution in [-0.4, -0.2) is 31.0 Å². The normalized spacial score (nSPS) is 12.6. The van der Waals surface area contributed by atoms with Crippen molar-refractivity contribution in [2.24, 2.45) is 0 Å². The third-order valence-corrected chi connectivity index (χ3v) is 6.21. The maximum atomic E-state index is 12.8. The molecule has 0 aliphatic carbocycles. The Labute approximate surface area is 159 Å². The second-order valence-corrected chi connectivity index (χ2v) is 9.00. The van der Waals surface area contributed by atoms with E-state index in [1.807, 2.05) is 42.3 Å². The summed E-state index contributed by atoms with van der Waals surface area (Å²) in [5.74, 6) is 0.253. The molecule has 1 aromatic heterocycles. The lowest BCUT2D eigenvalue weighted by molar-refractivity contribution is -0.133. The minimum absolute atomic E-state index is 0.0642. The van der Waals surface area contributed by atoms with E-state index in [1.165, 1.54) is 6.92 Å². The van der Waals surface area contributed by atoms with Crippen molar-refractivity contribution in [2.45, 2.75) is 46.2 Å². The molecule has 0 fully saturated rings. The van der Waals surface area contributed by atoms with Crippen LogP contribution in [-0.2, 0) is 27.9 Å². The summed E-state index contributed by atoms with van der Waals surface area (Å²) in [4.78, 5) is 15.7. The highest BCUT2D eigenvalue weighted by molar-refractivity contribution is 7.87. The highest BCUT2D eigenvalue weighted by atomic mass is 32.2. The minimum Gasteiger partial charge on any atom is -0.382 e. The Kier molecular flexibility index (Phi) is 7.23. The second kappa shape index (κ2) is 9.19. The van der Waals surface area contributed by atoms with Gasteiger partial charge in [-0.05, 0) is 49.4 Å². The molecular formula is C19H25NO4S2. The van der Waals surface area contributed by atoms with Crippen LogP contribution in [0.4, 0.5) is 0 Å². The number of carbonyl (C=O) groups is 1. The second-order valence-electron chi connectivity index (χ2n) is 6.11. The number of thiophene rings is 1. The van der Waals surface area contributed by atoms with Gasteiger partial charge >= 0.3 is 10.1 Å². The van der Waals surface area contributed by atoms with E-state index in [-0.39, 0.29) is 23.5 Å². The quantitative estimate of drug-likeness (QED) is 0.605. The van der Waals surface area contributed by atoms with Crippen LogP contribution < -0.4 is 4.18 Å². The number of amides is 1. The molecule has 142 valence electrons. The number of hydrogen-bond acceptors (Lipinski definition) is 5. The smallest absolute Gasteiger partial charge is 0.308 e. The van der Waals surface area contributed by atoms with E-state index >= 15 is 0 Å². The first-order valence-corrected chi connectivity index (χ1v) is 11.1. The fourth-order valence-corrected chi connectivity index (χ4v) is 3.68. The molecule has 0 saturated heterocycles. The van der Waals surface area contributed by atoms with Gasteiger partial charge in [0.25, 0.3) is 0 Å². The molecule has 0 radical (unpaired) electrons. The van der Waals surface area contributed by atoms with Gasteiger partial charge in [-0.15, -0.1) is 11.3 Å². The molecule has 2 aromatic rings. The van der Waals surface area contributed by atoms with E-state index in [2.05, 4.69) is 0 Å². The number of carbonyl (C=O) groups excluding carboxylic acids is 1. The summed E-state index contributed by atoms with van der Waals surface area (Å²) in [7, 11) is -3.57. The lowest BCUT2D eigenvalue weighted by Gasteiger charge is -2.29. The van der Waals surface area contributed by atoms with Crippen LogP contribution in [0, 0.1) is 0 Å². The van der Waals surface area contributed by atoms with Crippen molar-refractivity contribution in [3.8, 4) is 5.75 Å². The molecule has 0 saturated carbocycles. The molecule has 1 atom stereocenters. The Hall–Kier alpha value is -1.86. The Balaban J connectivity index is 2.16. The summed E-state index contributed by atoms with van der Waals surface area (Å²) in [5.41, 5.74) is 0.841. The maximum absolute atomic E-state index is 12.8. The van der Waals surface area contributed by atoms with Crippen molar-refractivity contribution in [3.05, 3.63) is 52.2 Å². The summed E-state index contributed by atoms with van der Waals surface area (Å²) in [6.07, 6.45) is 1.22. The van der Waals surface area contributed by atoms with Crippen molar-refractivity contribution in [1.29, 1.82) is 0 Å². The van der Waals surface area contributed by atoms with Crippen molar-refractivity contribution in [1.82, 2.24) is 4.90 Å². The summed E-state index contributed by atoms with van der Waals surface area (Å²) >= 11 is 1.57. The van der Waals surface area contributed by atoms with E-state index in [1.54, 1.807) is 29.5 Å². The van der Waals surface area contributed by atoms with Crippen molar-refractivity contribution < 1.29 is 17.4 Å². The summed E-state index contributed by atoms with van der Waals surface area (Å²) in [5, 5.41) is 1.96. The largest absolute Gasteiger partial charge is 0.382 e. The zero-order valence-corrected chi connectivity index (χ0v) is 17.0. The van der Waals surface area contributed by atoms with Gasteiger partial charge in [-0.25, -0.2) is 0 Å². The fraction of sp³-hybridized carbons (Fsp3) is 0.421. The Morgan fingerprint density at radius 1 is 1.23 bits per heavy atom. The van der Waals surface area contributed by atoms with Crippen LogP contribution in [0.3, 0.4) is 0 Å². The monoisotopic (exact) mass is 395 g/mol. The minimum atomic E-state index is -3.57. The predicted molar refractivity (Wildman–Crippen MR) is 105 cm³/mol. The third kappa shape index (κ3) is 5.85. The molecule has 5 nitrogen and oxygen atoms in total. The first-order chi connectivity index (χ1) is 12.3. The summed E-state index contributed by atoms with van der Waals surface area (Å²) < 4.78 is 28.4. The first kappa shape index (κ1) is 20.5. The molecule has 7 heteroatoms. The SMILES string of the molecule is CCC(C)N(Cc1cccc(OS(=O)(=O)CC)c1)C(=O)Cc1cccs1. The standard InChI is InChI=1S/C19H25NO4S2/c1-4-15(3)20(19(21)13-18-10-7-11-25-18)14-16-8-6-9-17(12-16)24-26(22,23)5-2/h6-12,15H,4-5,13-14H2,1-3H3. The molecular weight excluding hydrogens is 370 g/mol. The Morgan fingerprint density at radius 3 is 2.62 bits per heavy atom. The van der Waals surface area contributed by atoms with E-state index < -0.39 is 10.1 Å². The summed E-state index contributed by atoms with van der Waals surface area (Å²) in [6, 6.07) is 10.9. The molecule has 1 unspecified atom stereocenters. The van der Waals surface area contributed by atoms with Crippen molar-refractivity contribution in [3.63, 3.8) is 0 Å². The molecule has 0 N–H and O–H groups in total. The molecule has 0 bridgehead atoms. The zero-order valence-electron chi connectivity index (χ0n) is 15.3. The topological polar surface area (TPSA) is 63.7 Å². The first-order valence-electron chi connectivity index (χ1n) is 8.67. The van der Waals surface area contributed by atoms with Crippen LogP contribution in [0.5, 0.6) is 5.75 Å². The lowest BCUT2D eigenvalue weighted by atomic mass is 10.1. The molecule has 0 aliphatic rings. The maximum Gasteiger partial charge on any atom is 0.308 e. The van der Waals surface area contributed by atoms with Crippen LogP contribution in [0.1, 0.15) is 37.6 Å². The molecule has 2 rings (SSSR count). The van der Waals surface area contributed by atoms with Crippen LogP contribution in [0.15, 0.2) is 41.8 Å². The van der Waals surface area contributed by atoms with Gasteiger partial charge in [-0.1, -0.05) is 25.1 Å². The van der Waals surface area contributed by atoms with Gasteiger partial charge in [0.15, 0.2) is 0 Å². The average molecular weight is 396 g/mol. The number of benzene rings is 1. The summed E-state index contributed by atoms with van der Waals surface area (Å²) in [6.45, 7) is 6.02. The number of rotatable bonds is 9. The van der Waals surface area contributed by atoms with E-state index in [0.29, 0.717) is 13.0 Å². The Bertz CT molecular complexity index is 816. The van der Waals surface area contributed by atoms with Crippen LogP contribution in [0.2, 0.25) is 0 Å². The Morgan fingerprint density at radius 2 is 2.00 bits per heavy atom. The van der Waals surface area contributed by atoms with Gasteiger partial charge < -0.3 is 9.08 Å². The highest BCUT2D eigenvalue weighted by Crippen LogP contribution is 2.20. The van der Waals surface area contributed by atoms with Crippen LogP contribution in [0.25, 0.3) is 0 Å². The van der Waals surface area contributed by atoms with Crippen LogP contribution >= 0.6 is 11.3 Å². The number of nitrogens with zero attached hydrogens (tertiary/aromatic N) is 1. The van der Waals surface area contributed by atoms with Gasteiger partial charge in [0, 0.05) is 17.5 Å². The molecule has 0 spiro atoms. The third-order valence-electron chi connectivity index (χ3n) is 4.18. The van der Waals surface area contributed by atoms with Gasteiger partial charge in [0.05, 0.1) is 12.2 Å². The molecule has 26 heavy (non-hydrogen) atoms. The van der Waals surface area contributed by atoms with Gasteiger partial charge in [-0.3, -0.25) is 4.79 Å². The molecule has 1 heterocycles. The average Bonchev–Trinajstić information content (AvgIpc) is 3.12. The van der Waals surface area contributed by atoms with E-state index in [4.69, 9.17) is 4.18 Å².